The van der Waals surface area contributed by atoms with Crippen molar-refractivity contribution in [1.29, 1.82) is 0 Å². The molecule has 2 aromatic heterocycles. The molecule has 1 saturated carbocycles. The van der Waals surface area contributed by atoms with Crippen molar-refractivity contribution in [1.82, 2.24) is 19.4 Å². The predicted molar refractivity (Wildman–Crippen MR) is 108 cm³/mol. The van der Waals surface area contributed by atoms with Gasteiger partial charge in [0, 0.05) is 49.8 Å². The van der Waals surface area contributed by atoms with Crippen molar-refractivity contribution in [2.24, 2.45) is 5.92 Å². The Kier molecular flexibility index (Phi) is 4.91. The molecule has 0 N–H and O–H groups in total. The van der Waals surface area contributed by atoms with Gasteiger partial charge in [0.25, 0.3) is 5.91 Å². The summed E-state index contributed by atoms with van der Waals surface area (Å²) in [4.78, 5) is 24.3. The molecule has 0 aromatic carbocycles. The molecule has 0 radical (unpaired) electrons. The summed E-state index contributed by atoms with van der Waals surface area (Å²) >= 11 is 0. The first-order valence-electron chi connectivity index (χ1n) is 11.1. The molecular formula is C23H30N4O. The van der Waals surface area contributed by atoms with Gasteiger partial charge in [-0.25, -0.2) is 4.98 Å². The molecule has 3 heterocycles. The van der Waals surface area contributed by atoms with E-state index in [1.54, 1.807) is 6.20 Å². The summed E-state index contributed by atoms with van der Waals surface area (Å²) in [5.74, 6) is 2.69. The number of likely N-dealkylation sites (tertiary alicyclic amines) is 1. The number of aryl methyl sites for hydroxylation is 2. The summed E-state index contributed by atoms with van der Waals surface area (Å²) in [6.45, 7) is 2.75. The topological polar surface area (TPSA) is 51.0 Å². The second-order valence-corrected chi connectivity index (χ2v) is 8.84. The van der Waals surface area contributed by atoms with E-state index in [2.05, 4.69) is 26.8 Å². The second-order valence-electron chi connectivity index (χ2n) is 8.84. The molecule has 1 saturated heterocycles. The van der Waals surface area contributed by atoms with Crippen LogP contribution in [-0.4, -0.2) is 38.4 Å². The Morgan fingerprint density at radius 2 is 1.86 bits per heavy atom. The molecule has 5 nitrogen and oxygen atoms in total. The number of hydrogen-bond acceptors (Lipinski definition) is 3. The largest absolute Gasteiger partial charge is 0.339 e. The monoisotopic (exact) mass is 378 g/mol. The minimum absolute atomic E-state index is 0.150. The molecule has 5 heteroatoms. The number of carbonyl (C=O) groups excluding carboxylic acids is 1. The van der Waals surface area contributed by atoms with Crippen molar-refractivity contribution in [2.75, 3.05) is 13.1 Å². The zero-order valence-electron chi connectivity index (χ0n) is 16.6. The highest BCUT2D eigenvalue weighted by atomic mass is 16.2. The highest BCUT2D eigenvalue weighted by Crippen LogP contribution is 2.32. The van der Waals surface area contributed by atoms with Crippen LogP contribution in [0.3, 0.4) is 0 Å². The Balaban J connectivity index is 1.22. The van der Waals surface area contributed by atoms with Gasteiger partial charge in [-0.3, -0.25) is 9.78 Å². The van der Waals surface area contributed by atoms with Gasteiger partial charge in [-0.05, 0) is 68.9 Å². The predicted octanol–water partition coefficient (Wildman–Crippen LogP) is 3.98. The van der Waals surface area contributed by atoms with E-state index in [1.807, 2.05) is 11.1 Å². The number of aromatic nitrogens is 3. The van der Waals surface area contributed by atoms with Crippen molar-refractivity contribution in [3.05, 3.63) is 47.3 Å². The minimum atomic E-state index is 0.150. The summed E-state index contributed by atoms with van der Waals surface area (Å²) in [5, 5.41) is 0. The van der Waals surface area contributed by atoms with Gasteiger partial charge in [0.1, 0.15) is 5.82 Å². The number of imidazole rings is 1. The van der Waals surface area contributed by atoms with E-state index < -0.39 is 0 Å². The van der Waals surface area contributed by atoms with Gasteiger partial charge in [0.05, 0.1) is 5.56 Å². The molecule has 1 aliphatic heterocycles. The first-order chi connectivity index (χ1) is 13.8. The molecule has 3 aliphatic rings. The number of fused-ring (bicyclic) bond motifs is 1. The van der Waals surface area contributed by atoms with Crippen LogP contribution in [0.2, 0.25) is 0 Å². The number of carbonyl (C=O) groups is 1. The maximum absolute atomic E-state index is 13.0. The van der Waals surface area contributed by atoms with Crippen molar-refractivity contribution in [3.63, 3.8) is 0 Å². The fourth-order valence-corrected chi connectivity index (χ4v) is 5.02. The van der Waals surface area contributed by atoms with E-state index in [4.69, 9.17) is 0 Å². The molecule has 0 bridgehead atoms. The van der Waals surface area contributed by atoms with Crippen molar-refractivity contribution in [2.45, 2.75) is 70.3 Å². The van der Waals surface area contributed by atoms with Crippen LogP contribution < -0.4 is 0 Å². The lowest BCUT2D eigenvalue weighted by Gasteiger charge is -2.33. The number of pyridine rings is 1. The van der Waals surface area contributed by atoms with Crippen LogP contribution in [0.15, 0.2) is 24.7 Å². The van der Waals surface area contributed by atoms with Crippen LogP contribution in [0, 0.1) is 5.92 Å². The Labute approximate surface area is 167 Å². The van der Waals surface area contributed by atoms with Gasteiger partial charge in [-0.15, -0.1) is 0 Å². The van der Waals surface area contributed by atoms with Gasteiger partial charge in [-0.1, -0.05) is 6.42 Å². The van der Waals surface area contributed by atoms with E-state index in [1.165, 1.54) is 49.2 Å². The Bertz CT molecular complexity index is 846. The Morgan fingerprint density at radius 1 is 1.04 bits per heavy atom. The zero-order chi connectivity index (χ0) is 18.9. The first kappa shape index (κ1) is 17.9. The van der Waals surface area contributed by atoms with Gasteiger partial charge in [0.15, 0.2) is 0 Å². The number of nitrogens with zero attached hydrogens (tertiary/aromatic N) is 4. The Morgan fingerprint density at radius 3 is 2.64 bits per heavy atom. The molecule has 2 aromatic rings. The molecule has 2 fully saturated rings. The van der Waals surface area contributed by atoms with E-state index >= 15 is 0 Å². The summed E-state index contributed by atoms with van der Waals surface area (Å²) in [6.07, 6.45) is 16.6. The molecule has 0 atom stereocenters. The third-order valence-electron chi connectivity index (χ3n) is 6.99. The zero-order valence-corrected chi connectivity index (χ0v) is 16.6. The minimum Gasteiger partial charge on any atom is -0.339 e. The summed E-state index contributed by atoms with van der Waals surface area (Å²) in [7, 11) is 0. The molecule has 0 spiro atoms. The lowest BCUT2D eigenvalue weighted by molar-refractivity contribution is 0.0709. The molecule has 148 valence electrons. The molecular weight excluding hydrogens is 348 g/mol. The Hall–Kier alpha value is -2.17. The normalized spacial score (nSPS) is 20.6. The van der Waals surface area contributed by atoms with E-state index in [-0.39, 0.29) is 5.91 Å². The van der Waals surface area contributed by atoms with Gasteiger partial charge in [0.2, 0.25) is 0 Å². The number of hydrogen-bond donors (Lipinski definition) is 0. The standard InChI is InChI=1S/C23H30N4O/c28-23(20-14-19-6-1-2-7-21(19)25-15-20)26-11-8-18(9-12-26)22-24-10-13-27(22)16-17-4-3-5-17/h10,13-15,17-18H,1-9,11-12,16H2. The number of piperidine rings is 1. The molecule has 1 amide bonds. The summed E-state index contributed by atoms with van der Waals surface area (Å²) in [6, 6.07) is 2.10. The van der Waals surface area contributed by atoms with Gasteiger partial charge in [-0.2, -0.15) is 0 Å². The number of rotatable bonds is 4. The summed E-state index contributed by atoms with van der Waals surface area (Å²) in [5.41, 5.74) is 3.25. The maximum Gasteiger partial charge on any atom is 0.255 e. The molecule has 0 unspecified atom stereocenters. The third kappa shape index (κ3) is 3.47. The quantitative estimate of drug-likeness (QED) is 0.809. The van der Waals surface area contributed by atoms with Crippen molar-refractivity contribution in [3.8, 4) is 0 Å². The van der Waals surface area contributed by atoms with Crippen LogP contribution in [0.1, 0.15) is 78.3 Å². The van der Waals surface area contributed by atoms with Crippen LogP contribution in [0.5, 0.6) is 0 Å². The maximum atomic E-state index is 13.0. The molecule has 28 heavy (non-hydrogen) atoms. The molecule has 2 aliphatic carbocycles. The van der Waals surface area contributed by atoms with E-state index in [9.17, 15) is 4.79 Å². The van der Waals surface area contributed by atoms with E-state index in [0.717, 1.165) is 56.8 Å². The second kappa shape index (κ2) is 7.69. The average molecular weight is 379 g/mol. The van der Waals surface area contributed by atoms with Gasteiger partial charge >= 0.3 is 0 Å². The fraction of sp³-hybridized carbons (Fsp3) is 0.609. The fourth-order valence-electron chi connectivity index (χ4n) is 5.02. The average Bonchev–Trinajstić information content (AvgIpc) is 3.18. The SMILES string of the molecule is O=C(c1cnc2c(c1)CCCC2)N1CCC(c2nccn2CC2CCC2)CC1. The van der Waals surface area contributed by atoms with Gasteiger partial charge < -0.3 is 9.47 Å². The molecule has 5 rings (SSSR count). The van der Waals surface area contributed by atoms with Crippen LogP contribution >= 0.6 is 0 Å². The van der Waals surface area contributed by atoms with Crippen molar-refractivity contribution < 1.29 is 4.79 Å². The van der Waals surface area contributed by atoms with Crippen LogP contribution in [0.4, 0.5) is 0 Å². The number of amides is 1. The lowest BCUT2D eigenvalue weighted by atomic mass is 9.85. The van der Waals surface area contributed by atoms with Crippen molar-refractivity contribution >= 4 is 5.91 Å². The third-order valence-corrected chi connectivity index (χ3v) is 6.99. The van der Waals surface area contributed by atoms with Crippen LogP contribution in [-0.2, 0) is 19.4 Å². The smallest absolute Gasteiger partial charge is 0.255 e. The highest BCUT2D eigenvalue weighted by molar-refractivity contribution is 5.94. The lowest BCUT2D eigenvalue weighted by Crippen LogP contribution is -2.38. The summed E-state index contributed by atoms with van der Waals surface area (Å²) < 4.78 is 2.37. The highest BCUT2D eigenvalue weighted by Gasteiger charge is 2.28. The first-order valence-corrected chi connectivity index (χ1v) is 11.1. The van der Waals surface area contributed by atoms with E-state index in [0.29, 0.717) is 5.92 Å². The van der Waals surface area contributed by atoms with Crippen LogP contribution in [0.25, 0.3) is 0 Å².